The van der Waals surface area contributed by atoms with E-state index in [1.165, 1.54) is 0 Å². The van der Waals surface area contributed by atoms with E-state index in [4.69, 9.17) is 14.4 Å². The quantitative estimate of drug-likeness (QED) is 0.133. The Kier molecular flexibility index (Phi) is 9.98. The Bertz CT molecular complexity index is 1640. The fraction of sp³-hybridized carbons (Fsp3) is 0.610. The van der Waals surface area contributed by atoms with E-state index in [0.717, 1.165) is 0 Å². The summed E-state index contributed by atoms with van der Waals surface area (Å²) in [6.07, 6.45) is -4.13. The molecule has 2 bridgehead atoms. The lowest BCUT2D eigenvalue weighted by Gasteiger charge is -2.68. The van der Waals surface area contributed by atoms with Crippen molar-refractivity contribution in [2.24, 2.45) is 34.5 Å². The monoisotopic (exact) mass is 705 g/mol. The van der Waals surface area contributed by atoms with Gasteiger partial charge < -0.3 is 30.1 Å². The third-order valence-electron chi connectivity index (χ3n) is 13.5. The summed E-state index contributed by atoms with van der Waals surface area (Å²) in [4.78, 5) is 33.9. The molecule has 8 unspecified atom stereocenters. The van der Waals surface area contributed by atoms with Crippen molar-refractivity contribution in [2.45, 2.75) is 116 Å². The number of nitrogens with one attached hydrogen (secondary N) is 1. The van der Waals surface area contributed by atoms with Crippen molar-refractivity contribution >= 4 is 11.7 Å². The molecule has 1 amide bonds. The third-order valence-corrected chi connectivity index (χ3v) is 13.5. The van der Waals surface area contributed by atoms with Crippen LogP contribution in [0.3, 0.4) is 0 Å². The lowest BCUT2D eigenvalue weighted by atomic mass is 9.41. The molecule has 0 radical (unpaired) electrons. The number of fused-ring (bicyclic) bond motifs is 5. The molecule has 278 valence electrons. The average molecular weight is 706 g/mol. The smallest absolute Gasteiger partial charge is 0.251 e. The number of ether oxygens (including phenoxy) is 2. The maximum Gasteiger partial charge on any atom is 0.251 e. The Morgan fingerprint density at radius 1 is 1.00 bits per heavy atom. The minimum Gasteiger partial charge on any atom is -0.389 e. The molecule has 0 spiro atoms. The fourth-order valence-electron chi connectivity index (χ4n) is 10.6. The lowest BCUT2D eigenvalue weighted by molar-refractivity contribution is -0.335. The summed E-state index contributed by atoms with van der Waals surface area (Å²) in [6.45, 7) is 14.9. The highest BCUT2D eigenvalue weighted by molar-refractivity contribution is 5.94. The first-order valence-electron chi connectivity index (χ1n) is 18.3. The SMILES string of the molecule is CC1=C2C(O)C(=O)[C@@]3(C)C(C(C)C(O)(CC1[C@@H](OO)C(OC(C)C)C(NC(=O)c1ccccc1)c1ccccc1)C2(C)C)[C@]1(O)COC1C[C@@H]3C. The molecule has 1 aliphatic heterocycles. The fourth-order valence-corrected chi connectivity index (χ4v) is 10.6. The third kappa shape index (κ3) is 5.73. The molecule has 2 aromatic carbocycles. The van der Waals surface area contributed by atoms with E-state index in [1.54, 1.807) is 24.3 Å². The van der Waals surface area contributed by atoms with Gasteiger partial charge in [0.2, 0.25) is 0 Å². The number of aliphatic hydroxyl groups excluding tert-OH is 1. The Balaban J connectivity index is 1.51. The first-order valence-corrected chi connectivity index (χ1v) is 18.3. The largest absolute Gasteiger partial charge is 0.389 e. The Morgan fingerprint density at radius 3 is 2.16 bits per heavy atom. The van der Waals surface area contributed by atoms with Gasteiger partial charge in [-0.3, -0.25) is 14.8 Å². The molecule has 1 heterocycles. The highest BCUT2D eigenvalue weighted by atomic mass is 17.1. The minimum atomic E-state index is -1.61. The van der Waals surface area contributed by atoms with Crippen molar-refractivity contribution in [2.75, 3.05) is 6.61 Å². The zero-order valence-electron chi connectivity index (χ0n) is 31.0. The normalized spacial score (nSPS) is 37.6. The molecule has 0 aromatic heterocycles. The number of amides is 1. The van der Waals surface area contributed by atoms with Crippen molar-refractivity contribution in [1.82, 2.24) is 5.32 Å². The molecule has 3 aliphatic carbocycles. The number of benzene rings is 2. The van der Waals surface area contributed by atoms with E-state index in [0.29, 0.717) is 28.7 Å². The highest BCUT2D eigenvalue weighted by Gasteiger charge is 2.73. The van der Waals surface area contributed by atoms with Gasteiger partial charge in [0.05, 0.1) is 30.5 Å². The van der Waals surface area contributed by atoms with Crippen molar-refractivity contribution in [3.63, 3.8) is 0 Å². The molecular formula is C41H55NO9. The topological polar surface area (TPSA) is 155 Å². The van der Waals surface area contributed by atoms with E-state index >= 15 is 0 Å². The number of rotatable bonds is 9. The van der Waals surface area contributed by atoms with Gasteiger partial charge in [0.15, 0.2) is 5.78 Å². The van der Waals surface area contributed by atoms with Crippen LogP contribution in [0.15, 0.2) is 71.8 Å². The zero-order valence-corrected chi connectivity index (χ0v) is 31.0. The van der Waals surface area contributed by atoms with Crippen molar-refractivity contribution in [3.8, 4) is 0 Å². The van der Waals surface area contributed by atoms with E-state index in [9.17, 15) is 30.2 Å². The van der Waals surface area contributed by atoms with Crippen LogP contribution in [0.5, 0.6) is 0 Å². The highest BCUT2D eigenvalue weighted by Crippen LogP contribution is 2.66. The van der Waals surface area contributed by atoms with E-state index in [2.05, 4.69) is 5.32 Å². The Hall–Kier alpha value is -2.96. The zero-order chi connectivity index (χ0) is 37.3. The van der Waals surface area contributed by atoms with E-state index in [1.807, 2.05) is 91.8 Å². The van der Waals surface area contributed by atoms with E-state index < -0.39 is 76.0 Å². The molecule has 5 N–H and O–H groups in total. The van der Waals surface area contributed by atoms with Crippen LogP contribution in [0.2, 0.25) is 0 Å². The number of hydrogen-bond donors (Lipinski definition) is 5. The van der Waals surface area contributed by atoms with Gasteiger partial charge >= 0.3 is 0 Å². The second-order valence-corrected chi connectivity index (χ2v) is 16.6. The van der Waals surface area contributed by atoms with Gasteiger partial charge in [0, 0.05) is 28.2 Å². The molecule has 1 saturated heterocycles. The Labute approximate surface area is 301 Å². The number of ketones is 1. The second kappa shape index (κ2) is 13.5. The van der Waals surface area contributed by atoms with Crippen molar-refractivity contribution in [1.29, 1.82) is 0 Å². The average Bonchev–Trinajstić information content (AvgIpc) is 3.09. The molecule has 10 nitrogen and oxygen atoms in total. The number of aliphatic hydroxyl groups is 3. The summed E-state index contributed by atoms with van der Waals surface area (Å²) in [5.41, 5.74) is -3.15. The first-order chi connectivity index (χ1) is 23.9. The molecule has 51 heavy (non-hydrogen) atoms. The molecular weight excluding hydrogens is 650 g/mol. The van der Waals surface area contributed by atoms with Gasteiger partial charge in [-0.1, -0.05) is 88.7 Å². The van der Waals surface area contributed by atoms with Crippen LogP contribution in [-0.4, -0.2) is 80.6 Å². The maximum absolute atomic E-state index is 14.8. The van der Waals surface area contributed by atoms with Crippen LogP contribution < -0.4 is 5.32 Å². The van der Waals surface area contributed by atoms with Gasteiger partial charge in [-0.15, -0.1) is 0 Å². The van der Waals surface area contributed by atoms with Crippen LogP contribution >= 0.6 is 0 Å². The first kappa shape index (κ1) is 37.8. The Morgan fingerprint density at radius 2 is 1.61 bits per heavy atom. The molecule has 3 fully saturated rings. The summed E-state index contributed by atoms with van der Waals surface area (Å²) in [6, 6.07) is 17.3. The van der Waals surface area contributed by atoms with Gasteiger partial charge in [-0.2, -0.15) is 0 Å². The molecule has 6 rings (SSSR count). The minimum absolute atomic E-state index is 0.0343. The number of hydrogen-bond acceptors (Lipinski definition) is 9. The summed E-state index contributed by atoms with van der Waals surface area (Å²) in [5.74, 6) is -3.18. The molecule has 2 saturated carbocycles. The predicted molar refractivity (Wildman–Crippen MR) is 190 cm³/mol. The van der Waals surface area contributed by atoms with Gasteiger partial charge in [0.25, 0.3) is 5.91 Å². The molecule has 12 atom stereocenters. The van der Waals surface area contributed by atoms with Crippen molar-refractivity contribution < 1.29 is 44.5 Å². The van der Waals surface area contributed by atoms with Crippen LogP contribution in [0.4, 0.5) is 0 Å². The molecule has 4 aliphatic rings. The van der Waals surface area contributed by atoms with Crippen molar-refractivity contribution in [3.05, 3.63) is 82.9 Å². The van der Waals surface area contributed by atoms with Crippen LogP contribution in [0.25, 0.3) is 0 Å². The van der Waals surface area contributed by atoms with E-state index in [-0.39, 0.29) is 31.0 Å². The van der Waals surface area contributed by atoms with Gasteiger partial charge in [0.1, 0.15) is 23.9 Å². The predicted octanol–water partition coefficient (Wildman–Crippen LogP) is 5.28. The standard InChI is InChI=1S/C41H55NO9/c1-22(2)50-34(31(26-15-11-9-12-16-26)42-37(45)27-17-13-10-14-18-27)33(51-48)28-20-41(47)25(5)35-39(8,23(3)19-29-40(35,46)21-49-29)36(44)32(43)30(24(28)4)38(41,6)7/h9-18,22-23,25,28-29,31-35,43,46-48H,19-21H2,1-8H3,(H,42,45)/t23-,25?,28?,29?,31?,32?,33+,34?,35?,39+,40-,41?/m0/s1. The van der Waals surface area contributed by atoms with Gasteiger partial charge in [-0.25, -0.2) is 4.89 Å². The summed E-state index contributed by atoms with van der Waals surface area (Å²) < 4.78 is 12.4. The lowest BCUT2D eigenvalue weighted by Crippen LogP contribution is -2.77. The van der Waals surface area contributed by atoms with Crippen LogP contribution in [-0.2, 0) is 19.2 Å². The van der Waals surface area contributed by atoms with Crippen LogP contribution in [0.1, 0.15) is 90.2 Å². The summed E-state index contributed by atoms with van der Waals surface area (Å²) in [7, 11) is 0. The van der Waals surface area contributed by atoms with Crippen LogP contribution in [0, 0.1) is 34.5 Å². The summed E-state index contributed by atoms with van der Waals surface area (Å²) >= 11 is 0. The number of carbonyl (C=O) groups is 2. The molecule has 10 heteroatoms. The van der Waals surface area contributed by atoms with Gasteiger partial charge in [-0.05, 0) is 68.7 Å². The maximum atomic E-state index is 14.8. The number of Topliss-reactive ketones (excluding diaryl/α,β-unsaturated/α-hetero) is 1. The number of carbonyl (C=O) groups excluding carboxylic acids is 2. The summed E-state index contributed by atoms with van der Waals surface area (Å²) in [5, 5.41) is 51.8. The molecule has 2 aromatic rings. The second-order valence-electron chi connectivity index (χ2n) is 16.6.